The molecule has 0 heterocycles. The Morgan fingerprint density at radius 1 is 1.10 bits per heavy atom. The molecule has 0 atom stereocenters. The van der Waals surface area contributed by atoms with Crippen molar-refractivity contribution in [2.45, 2.75) is 61.7 Å². The normalized spacial score (nSPS) is 22.1. The Labute approximate surface area is 130 Å². The second-order valence-electron chi connectivity index (χ2n) is 6.91. The Hall–Kier alpha value is -0.960. The van der Waals surface area contributed by atoms with Crippen LogP contribution in [0.15, 0.2) is 17.0 Å². The highest BCUT2D eigenvalue weighted by atomic mass is 32.2. The van der Waals surface area contributed by atoms with Crippen LogP contribution in [0.1, 0.15) is 78.3 Å². The molecule has 1 aromatic rings. The van der Waals surface area contributed by atoms with E-state index in [4.69, 9.17) is 0 Å². The number of carboxylic acids is 1. The van der Waals surface area contributed by atoms with Crippen molar-refractivity contribution in [1.82, 2.24) is 0 Å². The average molecular weight is 302 g/mol. The van der Waals surface area contributed by atoms with Crippen LogP contribution in [0.3, 0.4) is 0 Å². The van der Waals surface area contributed by atoms with Crippen molar-refractivity contribution in [2.24, 2.45) is 5.92 Å². The number of aromatic carboxylic acids is 1. The molecule has 3 heteroatoms. The minimum absolute atomic E-state index is 0.512. The highest BCUT2D eigenvalue weighted by molar-refractivity contribution is 7.99. The van der Waals surface area contributed by atoms with E-state index < -0.39 is 5.97 Å². The van der Waals surface area contributed by atoms with E-state index >= 15 is 0 Å². The van der Waals surface area contributed by atoms with Crippen LogP contribution in [0.2, 0.25) is 0 Å². The second-order valence-corrected chi connectivity index (χ2v) is 7.94. The van der Waals surface area contributed by atoms with E-state index in [2.05, 4.69) is 6.07 Å². The van der Waals surface area contributed by atoms with Gasteiger partial charge < -0.3 is 5.11 Å². The Bertz CT molecular complexity index is 569. The summed E-state index contributed by atoms with van der Waals surface area (Å²) in [6.07, 6.45) is 8.97. The van der Waals surface area contributed by atoms with Crippen molar-refractivity contribution in [3.63, 3.8) is 0 Å². The third kappa shape index (κ3) is 2.73. The molecule has 0 aromatic heterocycles. The first-order valence-corrected chi connectivity index (χ1v) is 9.25. The number of rotatable bonds is 6. The fourth-order valence-corrected chi connectivity index (χ4v) is 4.84. The van der Waals surface area contributed by atoms with E-state index in [0.29, 0.717) is 17.4 Å². The van der Waals surface area contributed by atoms with E-state index in [1.807, 2.05) is 17.8 Å². The van der Waals surface area contributed by atoms with Gasteiger partial charge in [0.25, 0.3) is 0 Å². The Morgan fingerprint density at radius 2 is 1.86 bits per heavy atom. The van der Waals surface area contributed by atoms with Crippen molar-refractivity contribution >= 4 is 17.7 Å². The zero-order valence-electron chi connectivity index (χ0n) is 12.3. The summed E-state index contributed by atoms with van der Waals surface area (Å²) in [6.45, 7) is 0. The molecule has 2 nitrogen and oxygen atoms in total. The predicted octanol–water partition coefficient (Wildman–Crippen LogP) is 5.03. The molecule has 0 radical (unpaired) electrons. The van der Waals surface area contributed by atoms with E-state index in [0.717, 1.165) is 5.92 Å². The van der Waals surface area contributed by atoms with Gasteiger partial charge in [0, 0.05) is 10.6 Å². The van der Waals surface area contributed by atoms with Gasteiger partial charge in [-0.2, -0.15) is 0 Å². The highest BCUT2D eigenvalue weighted by Crippen LogP contribution is 2.51. The molecular formula is C18H22O2S. The maximum Gasteiger partial charge on any atom is 0.336 e. The van der Waals surface area contributed by atoms with Gasteiger partial charge in [-0.15, -0.1) is 11.8 Å². The molecule has 3 saturated carbocycles. The van der Waals surface area contributed by atoms with E-state index in [1.54, 1.807) is 0 Å². The minimum Gasteiger partial charge on any atom is -0.478 e. The van der Waals surface area contributed by atoms with Crippen LogP contribution in [-0.4, -0.2) is 16.8 Å². The minimum atomic E-state index is -0.745. The first kappa shape index (κ1) is 13.7. The lowest BCUT2D eigenvalue weighted by Crippen LogP contribution is -2.13. The van der Waals surface area contributed by atoms with Crippen molar-refractivity contribution in [3.8, 4) is 0 Å². The maximum absolute atomic E-state index is 11.6. The van der Waals surface area contributed by atoms with Crippen LogP contribution in [0.25, 0.3) is 0 Å². The van der Waals surface area contributed by atoms with Gasteiger partial charge in [0.15, 0.2) is 0 Å². The van der Waals surface area contributed by atoms with Gasteiger partial charge in [-0.25, -0.2) is 4.79 Å². The van der Waals surface area contributed by atoms with Crippen LogP contribution < -0.4 is 0 Å². The summed E-state index contributed by atoms with van der Waals surface area (Å²) in [5.41, 5.74) is 3.20. The fourth-order valence-electron chi connectivity index (χ4n) is 3.27. The molecule has 21 heavy (non-hydrogen) atoms. The third-order valence-electron chi connectivity index (χ3n) is 5.15. The molecule has 3 aliphatic carbocycles. The summed E-state index contributed by atoms with van der Waals surface area (Å²) < 4.78 is 0. The van der Waals surface area contributed by atoms with Crippen LogP contribution in [-0.2, 0) is 0 Å². The number of thioether (sulfide) groups is 1. The van der Waals surface area contributed by atoms with Gasteiger partial charge in [0.1, 0.15) is 0 Å². The summed E-state index contributed by atoms with van der Waals surface area (Å²) in [4.78, 5) is 13.0. The Kier molecular flexibility index (Phi) is 3.49. The van der Waals surface area contributed by atoms with Gasteiger partial charge in [0.2, 0.25) is 0 Å². The average Bonchev–Trinajstić information content (AvgIpc) is 3.26. The van der Waals surface area contributed by atoms with Crippen molar-refractivity contribution < 1.29 is 9.90 Å². The lowest BCUT2D eigenvalue weighted by atomic mass is 9.79. The summed E-state index contributed by atoms with van der Waals surface area (Å²) in [7, 11) is 0. The first-order chi connectivity index (χ1) is 10.2. The maximum atomic E-state index is 11.6. The van der Waals surface area contributed by atoms with Crippen LogP contribution >= 0.6 is 11.8 Å². The smallest absolute Gasteiger partial charge is 0.336 e. The predicted molar refractivity (Wildman–Crippen MR) is 85.4 cm³/mol. The third-order valence-corrected chi connectivity index (χ3v) is 6.53. The lowest BCUT2D eigenvalue weighted by Gasteiger charge is -2.29. The number of hydrogen-bond donors (Lipinski definition) is 1. The van der Waals surface area contributed by atoms with Crippen LogP contribution in [0.5, 0.6) is 0 Å². The molecule has 1 aromatic carbocycles. The zero-order valence-corrected chi connectivity index (χ0v) is 13.1. The van der Waals surface area contributed by atoms with Crippen LogP contribution in [0, 0.1) is 5.92 Å². The van der Waals surface area contributed by atoms with Gasteiger partial charge in [-0.05, 0) is 73.5 Å². The van der Waals surface area contributed by atoms with Gasteiger partial charge in [0.05, 0.1) is 5.56 Å². The zero-order chi connectivity index (χ0) is 14.4. The number of benzene rings is 1. The second kappa shape index (κ2) is 5.35. The SMILES string of the molecule is O=C(O)c1ccc(C2CCC2)c(SCC2CC2)c1C1CC1. The summed E-state index contributed by atoms with van der Waals surface area (Å²) >= 11 is 1.96. The molecule has 0 saturated heterocycles. The molecule has 0 spiro atoms. The topological polar surface area (TPSA) is 37.3 Å². The van der Waals surface area contributed by atoms with Crippen molar-refractivity contribution in [2.75, 3.05) is 5.75 Å². The number of carbonyl (C=O) groups is 1. The summed E-state index contributed by atoms with van der Waals surface area (Å²) in [6, 6.07) is 4.00. The first-order valence-electron chi connectivity index (χ1n) is 8.27. The summed E-state index contributed by atoms with van der Waals surface area (Å²) in [5.74, 6) is 2.52. The standard InChI is InChI=1S/C18H22O2S/c19-18(20)15-9-8-14(12-2-1-3-12)17(16(15)13-6-7-13)21-10-11-4-5-11/h8-9,11-13H,1-7,10H2,(H,19,20). The molecule has 1 N–H and O–H groups in total. The summed E-state index contributed by atoms with van der Waals surface area (Å²) in [5, 5.41) is 9.55. The van der Waals surface area contributed by atoms with Gasteiger partial charge in [-0.3, -0.25) is 0 Å². The monoisotopic (exact) mass is 302 g/mol. The van der Waals surface area contributed by atoms with E-state index in [1.165, 1.54) is 66.7 Å². The molecule has 3 aliphatic rings. The number of hydrogen-bond acceptors (Lipinski definition) is 2. The van der Waals surface area contributed by atoms with Gasteiger partial charge >= 0.3 is 5.97 Å². The lowest BCUT2D eigenvalue weighted by molar-refractivity contribution is 0.0695. The molecule has 112 valence electrons. The quantitative estimate of drug-likeness (QED) is 0.749. The van der Waals surface area contributed by atoms with Crippen molar-refractivity contribution in [3.05, 3.63) is 28.8 Å². The Balaban J connectivity index is 1.74. The molecule has 4 rings (SSSR count). The Morgan fingerprint density at radius 3 is 2.38 bits per heavy atom. The fraction of sp³-hybridized carbons (Fsp3) is 0.611. The molecule has 0 aliphatic heterocycles. The highest BCUT2D eigenvalue weighted by Gasteiger charge is 2.34. The van der Waals surface area contributed by atoms with Crippen LogP contribution in [0.4, 0.5) is 0 Å². The van der Waals surface area contributed by atoms with E-state index in [-0.39, 0.29) is 0 Å². The van der Waals surface area contributed by atoms with Crippen molar-refractivity contribution in [1.29, 1.82) is 0 Å². The molecule has 3 fully saturated rings. The van der Waals surface area contributed by atoms with Gasteiger partial charge in [-0.1, -0.05) is 12.5 Å². The molecule has 0 amide bonds. The largest absolute Gasteiger partial charge is 0.478 e. The molecule has 0 unspecified atom stereocenters. The molecule has 0 bridgehead atoms. The van der Waals surface area contributed by atoms with E-state index in [9.17, 15) is 9.90 Å². The number of carboxylic acid groups (broad SMARTS) is 1. The molecular weight excluding hydrogens is 280 g/mol.